The number of aliphatic carboxylic acids is 2. The zero-order valence-electron chi connectivity index (χ0n) is 15.2. The van der Waals surface area contributed by atoms with Crippen LogP contribution in [-0.2, 0) is 20.8 Å². The standard InChI is InChI=1S/C21H22ClNO5/c22-18-4-1-3-16(12-18)15-8-6-14(7-9-15)11-17(13-20(26)27)21(28)23-10-2-5-19(24)25/h1,3-4,6-9,12,17H,2,5,10-11,13H2,(H,23,28)(H,24,25)(H,26,27)/t17-/m1/s1. The molecule has 0 bridgehead atoms. The second-order valence-corrected chi connectivity index (χ2v) is 6.93. The maximum Gasteiger partial charge on any atom is 0.304 e. The highest BCUT2D eigenvalue weighted by atomic mass is 35.5. The van der Waals surface area contributed by atoms with Gasteiger partial charge in [0, 0.05) is 18.0 Å². The molecule has 0 aromatic heterocycles. The second kappa shape index (κ2) is 10.5. The Morgan fingerprint density at radius 3 is 2.29 bits per heavy atom. The molecule has 0 spiro atoms. The van der Waals surface area contributed by atoms with Crippen molar-refractivity contribution in [2.45, 2.75) is 25.7 Å². The highest BCUT2D eigenvalue weighted by Gasteiger charge is 2.22. The smallest absolute Gasteiger partial charge is 0.304 e. The molecule has 0 saturated heterocycles. The van der Waals surface area contributed by atoms with Crippen LogP contribution in [0.3, 0.4) is 0 Å². The third-order valence-corrected chi connectivity index (χ3v) is 4.49. The molecule has 3 N–H and O–H groups in total. The molecule has 2 aromatic carbocycles. The summed E-state index contributed by atoms with van der Waals surface area (Å²) in [6.45, 7) is 0.203. The van der Waals surface area contributed by atoms with Crippen LogP contribution in [0.5, 0.6) is 0 Å². The van der Waals surface area contributed by atoms with Gasteiger partial charge >= 0.3 is 11.9 Å². The van der Waals surface area contributed by atoms with Crippen molar-refractivity contribution >= 4 is 29.4 Å². The molecule has 7 heteroatoms. The molecule has 1 amide bonds. The van der Waals surface area contributed by atoms with Gasteiger partial charge in [0.05, 0.1) is 12.3 Å². The number of amides is 1. The van der Waals surface area contributed by atoms with Crippen LogP contribution >= 0.6 is 11.6 Å². The molecule has 2 rings (SSSR count). The minimum absolute atomic E-state index is 0.0468. The molecular weight excluding hydrogens is 382 g/mol. The predicted octanol–water partition coefficient (Wildman–Crippen LogP) is 3.62. The molecule has 0 fully saturated rings. The quantitative estimate of drug-likeness (QED) is 0.525. The molecule has 0 aliphatic heterocycles. The van der Waals surface area contributed by atoms with Crippen LogP contribution < -0.4 is 5.32 Å². The lowest BCUT2D eigenvalue weighted by molar-refractivity contribution is -0.141. The minimum atomic E-state index is -1.05. The van der Waals surface area contributed by atoms with Gasteiger partial charge in [0.15, 0.2) is 0 Å². The monoisotopic (exact) mass is 403 g/mol. The zero-order valence-corrected chi connectivity index (χ0v) is 16.0. The van der Waals surface area contributed by atoms with Gasteiger partial charge in [-0.15, -0.1) is 0 Å². The van der Waals surface area contributed by atoms with E-state index in [1.54, 1.807) is 6.07 Å². The summed E-state index contributed by atoms with van der Waals surface area (Å²) >= 11 is 6.01. The van der Waals surface area contributed by atoms with Crippen LogP contribution in [0, 0.1) is 5.92 Å². The van der Waals surface area contributed by atoms with Crippen molar-refractivity contribution < 1.29 is 24.6 Å². The Bertz CT molecular complexity index is 835. The number of hydrogen-bond acceptors (Lipinski definition) is 3. The summed E-state index contributed by atoms with van der Waals surface area (Å²) < 4.78 is 0. The van der Waals surface area contributed by atoms with Crippen molar-refractivity contribution in [2.24, 2.45) is 5.92 Å². The van der Waals surface area contributed by atoms with Crippen LogP contribution in [0.25, 0.3) is 11.1 Å². The van der Waals surface area contributed by atoms with E-state index in [2.05, 4.69) is 5.32 Å². The Balaban J connectivity index is 2.02. The van der Waals surface area contributed by atoms with Gasteiger partial charge in [-0.2, -0.15) is 0 Å². The normalized spacial score (nSPS) is 11.6. The van der Waals surface area contributed by atoms with E-state index in [0.29, 0.717) is 11.4 Å². The fourth-order valence-electron chi connectivity index (χ4n) is 2.85. The summed E-state index contributed by atoms with van der Waals surface area (Å²) in [6, 6.07) is 15.0. The maximum atomic E-state index is 12.3. The lowest BCUT2D eigenvalue weighted by atomic mass is 9.94. The van der Waals surface area contributed by atoms with Gasteiger partial charge in [-0.3, -0.25) is 14.4 Å². The molecule has 0 heterocycles. The van der Waals surface area contributed by atoms with E-state index in [9.17, 15) is 14.4 Å². The first-order valence-corrected chi connectivity index (χ1v) is 9.29. The Labute approximate surface area is 168 Å². The highest BCUT2D eigenvalue weighted by molar-refractivity contribution is 6.30. The molecule has 0 radical (unpaired) electrons. The predicted molar refractivity (Wildman–Crippen MR) is 106 cm³/mol. The number of benzene rings is 2. The van der Waals surface area contributed by atoms with Gasteiger partial charge in [-0.1, -0.05) is 48.0 Å². The zero-order chi connectivity index (χ0) is 20.5. The summed E-state index contributed by atoms with van der Waals surface area (Å²) in [5, 5.41) is 21.0. The van der Waals surface area contributed by atoms with Gasteiger partial charge in [-0.05, 0) is 41.7 Å². The van der Waals surface area contributed by atoms with Crippen molar-refractivity contribution in [3.05, 3.63) is 59.1 Å². The molecule has 0 saturated carbocycles. The second-order valence-electron chi connectivity index (χ2n) is 6.49. The Hall–Kier alpha value is -2.86. The molecule has 0 aliphatic carbocycles. The summed E-state index contributed by atoms with van der Waals surface area (Å²) in [5.41, 5.74) is 2.79. The first-order chi connectivity index (χ1) is 13.3. The fourth-order valence-corrected chi connectivity index (χ4v) is 3.04. The number of halogens is 1. The number of rotatable bonds is 10. The van der Waals surface area contributed by atoms with E-state index in [-0.39, 0.29) is 31.7 Å². The summed E-state index contributed by atoms with van der Waals surface area (Å²) in [6.07, 6.45) is 0.248. The Morgan fingerprint density at radius 2 is 1.68 bits per heavy atom. The lowest BCUT2D eigenvalue weighted by Gasteiger charge is -2.15. The van der Waals surface area contributed by atoms with E-state index in [0.717, 1.165) is 16.7 Å². The number of carboxylic acid groups (broad SMARTS) is 2. The molecule has 0 unspecified atom stereocenters. The topological polar surface area (TPSA) is 104 Å². The first kappa shape index (κ1) is 21.4. The van der Waals surface area contributed by atoms with Gasteiger partial charge in [0.1, 0.15) is 0 Å². The van der Waals surface area contributed by atoms with Crippen molar-refractivity contribution in [2.75, 3.05) is 6.54 Å². The maximum absolute atomic E-state index is 12.3. The van der Waals surface area contributed by atoms with E-state index < -0.39 is 17.9 Å². The summed E-state index contributed by atoms with van der Waals surface area (Å²) in [7, 11) is 0. The molecule has 6 nitrogen and oxygen atoms in total. The first-order valence-electron chi connectivity index (χ1n) is 8.91. The van der Waals surface area contributed by atoms with Crippen LogP contribution in [0.15, 0.2) is 48.5 Å². The van der Waals surface area contributed by atoms with Crippen molar-refractivity contribution in [3.63, 3.8) is 0 Å². The van der Waals surface area contributed by atoms with Crippen LogP contribution in [0.1, 0.15) is 24.8 Å². The van der Waals surface area contributed by atoms with Gasteiger partial charge < -0.3 is 15.5 Å². The summed E-state index contributed by atoms with van der Waals surface area (Å²) in [4.78, 5) is 34.0. The van der Waals surface area contributed by atoms with Crippen molar-refractivity contribution in [1.29, 1.82) is 0 Å². The minimum Gasteiger partial charge on any atom is -0.481 e. The third kappa shape index (κ3) is 7.04. The highest BCUT2D eigenvalue weighted by Crippen LogP contribution is 2.24. The SMILES string of the molecule is O=C(O)CCCNC(=O)[C@@H](CC(=O)O)Cc1ccc(-c2cccc(Cl)c2)cc1. The van der Waals surface area contributed by atoms with E-state index >= 15 is 0 Å². The van der Waals surface area contributed by atoms with Gasteiger partial charge in [0.2, 0.25) is 5.91 Å². The lowest BCUT2D eigenvalue weighted by Crippen LogP contribution is -2.34. The molecular formula is C21H22ClNO5. The van der Waals surface area contributed by atoms with E-state index in [4.69, 9.17) is 21.8 Å². The number of carbonyl (C=O) groups is 3. The largest absolute Gasteiger partial charge is 0.481 e. The average Bonchev–Trinajstić information content (AvgIpc) is 2.64. The molecule has 28 heavy (non-hydrogen) atoms. The molecule has 0 aliphatic rings. The Kier molecular flexibility index (Phi) is 8.02. The van der Waals surface area contributed by atoms with E-state index in [1.807, 2.05) is 42.5 Å². The number of carbonyl (C=O) groups excluding carboxylic acids is 1. The van der Waals surface area contributed by atoms with E-state index in [1.165, 1.54) is 0 Å². The van der Waals surface area contributed by atoms with Crippen LogP contribution in [0.4, 0.5) is 0 Å². The number of hydrogen-bond donors (Lipinski definition) is 3. The van der Waals surface area contributed by atoms with Crippen LogP contribution in [-0.4, -0.2) is 34.6 Å². The average molecular weight is 404 g/mol. The van der Waals surface area contributed by atoms with Gasteiger partial charge in [0.25, 0.3) is 0 Å². The summed E-state index contributed by atoms with van der Waals surface area (Å²) in [5.74, 6) is -3.09. The molecule has 2 aromatic rings. The van der Waals surface area contributed by atoms with Crippen LogP contribution in [0.2, 0.25) is 5.02 Å². The number of carboxylic acids is 2. The fraction of sp³-hybridized carbons (Fsp3) is 0.286. The van der Waals surface area contributed by atoms with Crippen molar-refractivity contribution in [3.8, 4) is 11.1 Å². The molecule has 1 atom stereocenters. The number of nitrogens with one attached hydrogen (secondary N) is 1. The third-order valence-electron chi connectivity index (χ3n) is 4.25. The van der Waals surface area contributed by atoms with Gasteiger partial charge in [-0.25, -0.2) is 0 Å². The Morgan fingerprint density at radius 1 is 0.964 bits per heavy atom. The molecule has 148 valence electrons. The van der Waals surface area contributed by atoms with Crippen molar-refractivity contribution in [1.82, 2.24) is 5.32 Å².